The summed E-state index contributed by atoms with van der Waals surface area (Å²) in [5, 5.41) is 10.9. The summed E-state index contributed by atoms with van der Waals surface area (Å²) in [6.07, 6.45) is 6.02. The largest absolute Gasteiger partial charge is 0.349 e. The summed E-state index contributed by atoms with van der Waals surface area (Å²) >= 11 is 0. The summed E-state index contributed by atoms with van der Waals surface area (Å²) in [5.74, 6) is 0.696. The number of pyridine rings is 1. The predicted octanol–water partition coefficient (Wildman–Crippen LogP) is 2.54. The molecule has 0 radical (unpaired) electrons. The highest BCUT2D eigenvalue weighted by Crippen LogP contribution is 2.15. The standard InChI is InChI=1S/C17H23N5O.2ClH/c1-3-15-14(11-20-22(15)16-6-4-5-8-19-16)17(23)21-13-7-9-18-12(2)10-13;;/h4-6,8,11-13,18H,3,7,9-10H2,1-2H3,(H,21,23);2*1H. The Balaban J connectivity index is 0.00000156. The van der Waals surface area contributed by atoms with Crippen molar-refractivity contribution in [2.24, 2.45) is 0 Å². The van der Waals surface area contributed by atoms with Gasteiger partial charge in [-0.25, -0.2) is 9.67 Å². The molecule has 1 amide bonds. The molecule has 3 rings (SSSR count). The first-order valence-electron chi connectivity index (χ1n) is 8.21. The Labute approximate surface area is 160 Å². The highest BCUT2D eigenvalue weighted by atomic mass is 35.5. The normalized spacial score (nSPS) is 19.4. The van der Waals surface area contributed by atoms with Gasteiger partial charge in [0.25, 0.3) is 5.91 Å². The molecule has 2 atom stereocenters. The van der Waals surface area contributed by atoms with E-state index in [1.807, 2.05) is 25.1 Å². The van der Waals surface area contributed by atoms with E-state index in [1.54, 1.807) is 17.1 Å². The van der Waals surface area contributed by atoms with Gasteiger partial charge in [0, 0.05) is 18.3 Å². The molecule has 6 nitrogen and oxygen atoms in total. The molecule has 0 aromatic carbocycles. The zero-order valence-corrected chi connectivity index (χ0v) is 16.1. The van der Waals surface area contributed by atoms with Gasteiger partial charge in [-0.2, -0.15) is 5.10 Å². The van der Waals surface area contributed by atoms with E-state index in [4.69, 9.17) is 0 Å². The minimum atomic E-state index is -0.0388. The molecule has 2 aromatic rings. The molecule has 2 unspecified atom stereocenters. The van der Waals surface area contributed by atoms with Crippen molar-refractivity contribution in [1.29, 1.82) is 0 Å². The van der Waals surface area contributed by atoms with Crippen LogP contribution in [-0.2, 0) is 6.42 Å². The van der Waals surface area contributed by atoms with Crippen molar-refractivity contribution in [3.8, 4) is 5.82 Å². The SMILES string of the molecule is CCc1c(C(=O)NC2CCNC(C)C2)cnn1-c1ccccn1.Cl.Cl. The number of carbonyl (C=O) groups excluding carboxylic acids is 1. The van der Waals surface area contributed by atoms with Crippen molar-refractivity contribution >= 4 is 30.7 Å². The summed E-state index contributed by atoms with van der Waals surface area (Å²) in [7, 11) is 0. The minimum Gasteiger partial charge on any atom is -0.349 e. The van der Waals surface area contributed by atoms with E-state index in [2.05, 4.69) is 27.6 Å². The molecule has 0 spiro atoms. The molecule has 1 fully saturated rings. The topological polar surface area (TPSA) is 71.8 Å². The Morgan fingerprint density at radius 2 is 2.20 bits per heavy atom. The first-order valence-corrected chi connectivity index (χ1v) is 8.21. The van der Waals surface area contributed by atoms with Crippen LogP contribution in [-0.4, -0.2) is 39.3 Å². The van der Waals surface area contributed by atoms with Gasteiger partial charge in [0.2, 0.25) is 0 Å². The second-order valence-electron chi connectivity index (χ2n) is 6.01. The van der Waals surface area contributed by atoms with Crippen LogP contribution in [0.5, 0.6) is 0 Å². The Kier molecular flexibility index (Phi) is 8.35. The molecule has 8 heteroatoms. The van der Waals surface area contributed by atoms with Crippen molar-refractivity contribution in [1.82, 2.24) is 25.4 Å². The van der Waals surface area contributed by atoms with E-state index in [0.29, 0.717) is 11.6 Å². The summed E-state index contributed by atoms with van der Waals surface area (Å²) in [6, 6.07) is 6.34. The van der Waals surface area contributed by atoms with Crippen LogP contribution in [0, 0.1) is 0 Å². The molecule has 2 N–H and O–H groups in total. The highest BCUT2D eigenvalue weighted by Gasteiger charge is 2.23. The second-order valence-corrected chi connectivity index (χ2v) is 6.01. The van der Waals surface area contributed by atoms with E-state index in [0.717, 1.165) is 37.3 Å². The van der Waals surface area contributed by atoms with Gasteiger partial charge in [-0.1, -0.05) is 13.0 Å². The lowest BCUT2D eigenvalue weighted by Gasteiger charge is -2.28. The number of halogens is 2. The fraction of sp³-hybridized carbons (Fsp3) is 0.471. The lowest BCUT2D eigenvalue weighted by atomic mass is 10.00. The summed E-state index contributed by atoms with van der Waals surface area (Å²) in [4.78, 5) is 17.0. The van der Waals surface area contributed by atoms with E-state index in [1.165, 1.54) is 0 Å². The number of carbonyl (C=O) groups is 1. The molecule has 1 aliphatic heterocycles. The molecular weight excluding hydrogens is 361 g/mol. The molecule has 1 aliphatic rings. The monoisotopic (exact) mass is 385 g/mol. The first-order chi connectivity index (χ1) is 11.2. The van der Waals surface area contributed by atoms with Gasteiger partial charge < -0.3 is 10.6 Å². The van der Waals surface area contributed by atoms with E-state index < -0.39 is 0 Å². The predicted molar refractivity (Wildman–Crippen MR) is 103 cm³/mol. The van der Waals surface area contributed by atoms with Crippen LogP contribution in [0.25, 0.3) is 5.82 Å². The minimum absolute atomic E-state index is 0. The first kappa shape index (κ1) is 21.4. The number of amides is 1. The van der Waals surface area contributed by atoms with Crippen LogP contribution in [0.3, 0.4) is 0 Å². The maximum Gasteiger partial charge on any atom is 0.254 e. The van der Waals surface area contributed by atoms with Gasteiger partial charge in [-0.3, -0.25) is 4.79 Å². The maximum atomic E-state index is 12.6. The molecule has 0 saturated carbocycles. The third-order valence-electron chi connectivity index (χ3n) is 4.27. The molecule has 0 aliphatic carbocycles. The smallest absolute Gasteiger partial charge is 0.254 e. The third kappa shape index (κ3) is 4.93. The number of nitrogens with one attached hydrogen (secondary N) is 2. The van der Waals surface area contributed by atoms with Crippen LogP contribution in [0.2, 0.25) is 0 Å². The van der Waals surface area contributed by atoms with Crippen LogP contribution < -0.4 is 10.6 Å². The van der Waals surface area contributed by atoms with Crippen molar-refractivity contribution in [3.63, 3.8) is 0 Å². The Hall–Kier alpha value is -1.63. The van der Waals surface area contributed by atoms with Gasteiger partial charge in [-0.05, 0) is 44.9 Å². The highest BCUT2D eigenvalue weighted by molar-refractivity contribution is 5.95. The Morgan fingerprint density at radius 3 is 2.84 bits per heavy atom. The van der Waals surface area contributed by atoms with E-state index >= 15 is 0 Å². The molecular formula is C17H25Cl2N5O. The zero-order chi connectivity index (χ0) is 16.2. The lowest BCUT2D eigenvalue weighted by Crippen LogP contribution is -2.46. The number of hydrogen-bond acceptors (Lipinski definition) is 4. The van der Waals surface area contributed by atoms with Crippen LogP contribution >= 0.6 is 24.8 Å². The number of nitrogens with zero attached hydrogens (tertiary/aromatic N) is 3. The molecule has 0 bridgehead atoms. The molecule has 1 saturated heterocycles. The van der Waals surface area contributed by atoms with E-state index in [9.17, 15) is 4.79 Å². The quantitative estimate of drug-likeness (QED) is 0.847. The van der Waals surface area contributed by atoms with Gasteiger partial charge in [0.15, 0.2) is 5.82 Å². The molecule has 25 heavy (non-hydrogen) atoms. The van der Waals surface area contributed by atoms with Crippen LogP contribution in [0.4, 0.5) is 0 Å². The molecule has 2 aromatic heterocycles. The average molecular weight is 386 g/mol. The number of rotatable bonds is 4. The van der Waals surface area contributed by atoms with E-state index in [-0.39, 0.29) is 36.8 Å². The third-order valence-corrected chi connectivity index (χ3v) is 4.27. The fourth-order valence-electron chi connectivity index (χ4n) is 3.11. The van der Waals surface area contributed by atoms with Gasteiger partial charge in [-0.15, -0.1) is 24.8 Å². The number of piperidine rings is 1. The maximum absolute atomic E-state index is 12.6. The number of aromatic nitrogens is 3. The lowest BCUT2D eigenvalue weighted by molar-refractivity contribution is 0.0924. The number of hydrogen-bond donors (Lipinski definition) is 2. The van der Waals surface area contributed by atoms with Crippen molar-refractivity contribution in [2.45, 2.75) is 45.2 Å². The van der Waals surface area contributed by atoms with Crippen molar-refractivity contribution in [2.75, 3.05) is 6.54 Å². The van der Waals surface area contributed by atoms with Gasteiger partial charge >= 0.3 is 0 Å². The molecule has 138 valence electrons. The summed E-state index contributed by atoms with van der Waals surface area (Å²) in [5.41, 5.74) is 1.53. The summed E-state index contributed by atoms with van der Waals surface area (Å²) in [6.45, 7) is 5.12. The van der Waals surface area contributed by atoms with Gasteiger partial charge in [0.1, 0.15) is 0 Å². The Morgan fingerprint density at radius 1 is 1.40 bits per heavy atom. The van der Waals surface area contributed by atoms with Crippen LogP contribution in [0.15, 0.2) is 30.6 Å². The average Bonchev–Trinajstić information content (AvgIpc) is 2.99. The van der Waals surface area contributed by atoms with Crippen LogP contribution in [0.1, 0.15) is 42.7 Å². The summed E-state index contributed by atoms with van der Waals surface area (Å²) < 4.78 is 1.75. The zero-order valence-electron chi connectivity index (χ0n) is 14.4. The van der Waals surface area contributed by atoms with Gasteiger partial charge in [0.05, 0.1) is 17.5 Å². The van der Waals surface area contributed by atoms with Crippen molar-refractivity contribution < 1.29 is 4.79 Å². The molecule has 3 heterocycles. The van der Waals surface area contributed by atoms with Crippen molar-refractivity contribution in [3.05, 3.63) is 41.9 Å². The second kappa shape index (κ2) is 9.75. The fourth-order valence-corrected chi connectivity index (χ4v) is 3.11. The Bertz CT molecular complexity index is 677.